The second-order valence-corrected chi connectivity index (χ2v) is 8.72. The Kier molecular flexibility index (Phi) is 7.39. The van der Waals surface area contributed by atoms with Crippen LogP contribution in [0.4, 0.5) is 0 Å². The third-order valence-corrected chi connectivity index (χ3v) is 6.10. The smallest absolute Gasteiger partial charge is 0.274 e. The van der Waals surface area contributed by atoms with Crippen LogP contribution in [0.15, 0.2) is 36.4 Å². The highest BCUT2D eigenvalue weighted by Crippen LogP contribution is 2.15. The summed E-state index contributed by atoms with van der Waals surface area (Å²) in [6, 6.07) is 11.5. The Morgan fingerprint density at radius 1 is 1.12 bits per heavy atom. The normalized spacial score (nSPS) is 19.3. The standard InChI is InChI=1S/C24H31N5O4/c1-18-13-21(26-25-18)24(32)29-15-20(33-17-19-7-3-2-4-8-19)14-28(23(31)16-29)12-6-11-27-10-5-9-22(27)30/h2-4,7-8,13,20H,5-6,9-12,14-17H2,1H3,(H,25,26). The zero-order valence-corrected chi connectivity index (χ0v) is 19.0. The first-order chi connectivity index (χ1) is 16.0. The molecule has 4 rings (SSSR count). The fourth-order valence-electron chi connectivity index (χ4n) is 4.33. The van der Waals surface area contributed by atoms with Crippen LogP contribution in [0.2, 0.25) is 0 Å². The summed E-state index contributed by atoms with van der Waals surface area (Å²) in [7, 11) is 0. The first-order valence-corrected chi connectivity index (χ1v) is 11.5. The Morgan fingerprint density at radius 2 is 1.91 bits per heavy atom. The molecule has 9 nitrogen and oxygen atoms in total. The summed E-state index contributed by atoms with van der Waals surface area (Å²) in [5.74, 6) is -0.216. The molecule has 2 fully saturated rings. The summed E-state index contributed by atoms with van der Waals surface area (Å²) in [5, 5.41) is 6.85. The Hall–Kier alpha value is -3.20. The number of benzene rings is 1. The van der Waals surface area contributed by atoms with Crippen LogP contribution in [0.25, 0.3) is 0 Å². The van der Waals surface area contributed by atoms with Crippen molar-refractivity contribution in [3.63, 3.8) is 0 Å². The maximum Gasteiger partial charge on any atom is 0.274 e. The Morgan fingerprint density at radius 3 is 2.61 bits per heavy atom. The van der Waals surface area contributed by atoms with Crippen molar-refractivity contribution < 1.29 is 19.1 Å². The van der Waals surface area contributed by atoms with Gasteiger partial charge in [-0.05, 0) is 31.4 Å². The van der Waals surface area contributed by atoms with E-state index in [0.29, 0.717) is 51.3 Å². The lowest BCUT2D eigenvalue weighted by molar-refractivity contribution is -0.131. The van der Waals surface area contributed by atoms with Gasteiger partial charge in [-0.1, -0.05) is 30.3 Å². The second kappa shape index (κ2) is 10.6. The molecule has 1 unspecified atom stereocenters. The van der Waals surface area contributed by atoms with Gasteiger partial charge in [0.15, 0.2) is 0 Å². The van der Waals surface area contributed by atoms with Gasteiger partial charge >= 0.3 is 0 Å². The molecule has 0 aliphatic carbocycles. The molecule has 2 aliphatic heterocycles. The minimum Gasteiger partial charge on any atom is -0.370 e. The summed E-state index contributed by atoms with van der Waals surface area (Å²) in [6.45, 7) is 4.90. The zero-order chi connectivity index (χ0) is 23.2. The van der Waals surface area contributed by atoms with E-state index in [0.717, 1.165) is 24.2 Å². The van der Waals surface area contributed by atoms with Crippen LogP contribution in [0.5, 0.6) is 0 Å². The van der Waals surface area contributed by atoms with E-state index in [-0.39, 0.29) is 30.4 Å². The minimum absolute atomic E-state index is 0.0153. The van der Waals surface area contributed by atoms with Gasteiger partial charge in [0.05, 0.1) is 12.7 Å². The number of aromatic nitrogens is 2. The number of carbonyl (C=O) groups excluding carboxylic acids is 3. The average molecular weight is 454 g/mol. The van der Waals surface area contributed by atoms with Crippen molar-refractivity contribution in [1.29, 1.82) is 0 Å². The van der Waals surface area contributed by atoms with Gasteiger partial charge in [-0.25, -0.2) is 0 Å². The number of aromatic amines is 1. The number of nitrogens with one attached hydrogen (secondary N) is 1. The molecule has 2 saturated heterocycles. The average Bonchev–Trinajstić information content (AvgIpc) is 3.39. The van der Waals surface area contributed by atoms with Gasteiger partial charge in [0.25, 0.3) is 5.91 Å². The van der Waals surface area contributed by atoms with Gasteiger partial charge in [0.2, 0.25) is 11.8 Å². The highest BCUT2D eigenvalue weighted by molar-refractivity contribution is 5.95. The Bertz CT molecular complexity index is 976. The molecule has 0 spiro atoms. The quantitative estimate of drug-likeness (QED) is 0.655. The molecule has 1 atom stereocenters. The highest BCUT2D eigenvalue weighted by atomic mass is 16.5. The van der Waals surface area contributed by atoms with Crippen molar-refractivity contribution in [3.05, 3.63) is 53.3 Å². The summed E-state index contributed by atoms with van der Waals surface area (Å²) in [6.07, 6.45) is 1.90. The van der Waals surface area contributed by atoms with Crippen molar-refractivity contribution in [1.82, 2.24) is 24.9 Å². The number of ether oxygens (including phenoxy) is 1. The van der Waals surface area contributed by atoms with Crippen LogP contribution in [-0.4, -0.2) is 88.0 Å². The predicted molar refractivity (Wildman–Crippen MR) is 121 cm³/mol. The van der Waals surface area contributed by atoms with E-state index in [4.69, 9.17) is 4.74 Å². The molecule has 1 aromatic carbocycles. The molecule has 33 heavy (non-hydrogen) atoms. The monoisotopic (exact) mass is 453 g/mol. The maximum absolute atomic E-state index is 13.0. The third-order valence-electron chi connectivity index (χ3n) is 6.10. The molecule has 3 heterocycles. The molecule has 176 valence electrons. The summed E-state index contributed by atoms with van der Waals surface area (Å²) < 4.78 is 6.17. The van der Waals surface area contributed by atoms with Crippen LogP contribution < -0.4 is 0 Å². The van der Waals surface area contributed by atoms with Gasteiger partial charge in [0, 0.05) is 44.8 Å². The molecule has 3 amide bonds. The van der Waals surface area contributed by atoms with E-state index < -0.39 is 0 Å². The Balaban J connectivity index is 1.43. The number of amides is 3. The maximum atomic E-state index is 13.0. The van der Waals surface area contributed by atoms with E-state index in [1.807, 2.05) is 42.2 Å². The number of rotatable bonds is 8. The van der Waals surface area contributed by atoms with Crippen LogP contribution >= 0.6 is 0 Å². The van der Waals surface area contributed by atoms with Gasteiger partial charge < -0.3 is 19.4 Å². The van der Waals surface area contributed by atoms with Gasteiger partial charge in [-0.15, -0.1) is 0 Å². The number of H-pyrrole nitrogens is 1. The van der Waals surface area contributed by atoms with Crippen LogP contribution in [0.1, 0.15) is 41.0 Å². The predicted octanol–water partition coefficient (Wildman–Crippen LogP) is 1.60. The van der Waals surface area contributed by atoms with Crippen LogP contribution in [0.3, 0.4) is 0 Å². The molecular formula is C24H31N5O4. The first kappa shape index (κ1) is 23.0. The lowest BCUT2D eigenvalue weighted by Crippen LogP contribution is -2.40. The van der Waals surface area contributed by atoms with E-state index in [1.54, 1.807) is 11.0 Å². The molecule has 2 aliphatic rings. The van der Waals surface area contributed by atoms with Crippen molar-refractivity contribution in [2.24, 2.45) is 0 Å². The molecule has 1 N–H and O–H groups in total. The van der Waals surface area contributed by atoms with Gasteiger partial charge in [0.1, 0.15) is 12.2 Å². The minimum atomic E-state index is -0.325. The molecular weight excluding hydrogens is 422 g/mol. The summed E-state index contributed by atoms with van der Waals surface area (Å²) in [4.78, 5) is 43.1. The number of carbonyl (C=O) groups is 3. The fourth-order valence-corrected chi connectivity index (χ4v) is 4.33. The lowest BCUT2D eigenvalue weighted by Gasteiger charge is -2.25. The van der Waals surface area contributed by atoms with Crippen molar-refractivity contribution >= 4 is 17.7 Å². The van der Waals surface area contributed by atoms with E-state index in [1.165, 1.54) is 4.90 Å². The number of hydrogen-bond acceptors (Lipinski definition) is 5. The number of nitrogens with zero attached hydrogens (tertiary/aromatic N) is 4. The molecule has 9 heteroatoms. The van der Waals surface area contributed by atoms with Gasteiger partial charge in [-0.3, -0.25) is 19.5 Å². The zero-order valence-electron chi connectivity index (χ0n) is 19.0. The summed E-state index contributed by atoms with van der Waals surface area (Å²) >= 11 is 0. The topological polar surface area (TPSA) is 98.8 Å². The van der Waals surface area contributed by atoms with Crippen molar-refractivity contribution in [2.45, 2.75) is 38.9 Å². The number of hydrogen-bond donors (Lipinski definition) is 1. The molecule has 1 aromatic heterocycles. The highest BCUT2D eigenvalue weighted by Gasteiger charge is 2.32. The molecule has 0 saturated carbocycles. The fraction of sp³-hybridized carbons (Fsp3) is 0.500. The molecule has 0 radical (unpaired) electrons. The third kappa shape index (κ3) is 5.98. The van der Waals surface area contributed by atoms with Gasteiger partial charge in [-0.2, -0.15) is 5.10 Å². The van der Waals surface area contributed by atoms with E-state index in [9.17, 15) is 14.4 Å². The van der Waals surface area contributed by atoms with E-state index >= 15 is 0 Å². The van der Waals surface area contributed by atoms with E-state index in [2.05, 4.69) is 10.2 Å². The first-order valence-electron chi connectivity index (χ1n) is 11.5. The second-order valence-electron chi connectivity index (χ2n) is 8.72. The molecule has 0 bridgehead atoms. The SMILES string of the molecule is Cc1cc(C(=O)N2CC(=O)N(CCCN3CCCC3=O)CC(OCc3ccccc3)C2)n[nH]1. The van der Waals surface area contributed by atoms with Crippen molar-refractivity contribution in [3.8, 4) is 0 Å². The van der Waals surface area contributed by atoms with Crippen LogP contribution in [0, 0.1) is 6.92 Å². The largest absolute Gasteiger partial charge is 0.370 e. The Labute approximate surface area is 193 Å². The summed E-state index contributed by atoms with van der Waals surface area (Å²) in [5.41, 5.74) is 2.12. The lowest BCUT2D eigenvalue weighted by atomic mass is 10.2. The van der Waals surface area contributed by atoms with Crippen LogP contribution in [-0.2, 0) is 20.9 Å². The molecule has 2 aromatic rings. The number of likely N-dealkylation sites (tertiary alicyclic amines) is 1. The van der Waals surface area contributed by atoms with Crippen molar-refractivity contribution in [2.75, 3.05) is 39.3 Å². The number of aryl methyl sites for hydroxylation is 1.